The number of aromatic amines is 1. The van der Waals surface area contributed by atoms with Gasteiger partial charge in [0.15, 0.2) is 0 Å². The number of hydrogen-bond acceptors (Lipinski definition) is 3. The van der Waals surface area contributed by atoms with Gasteiger partial charge in [-0.05, 0) is 36.7 Å². The van der Waals surface area contributed by atoms with E-state index in [1.54, 1.807) is 0 Å². The number of H-pyrrole nitrogens is 1. The maximum atomic E-state index is 12.2. The fraction of sp³-hybridized carbons (Fsp3) is 0.300. The highest BCUT2D eigenvalue weighted by Gasteiger charge is 2.28. The molecule has 3 aromatic rings. The average molecular weight is 371 g/mol. The van der Waals surface area contributed by atoms with Crippen LogP contribution in [-0.4, -0.2) is 29.0 Å². The third kappa shape index (κ3) is 3.74. The van der Waals surface area contributed by atoms with E-state index in [9.17, 15) is 4.79 Å². The summed E-state index contributed by atoms with van der Waals surface area (Å²) in [5.74, 6) is 1.53. The molecule has 2 heterocycles. The van der Waals surface area contributed by atoms with E-state index in [1.165, 1.54) is 0 Å². The quantitative estimate of drug-likeness (QED) is 0.646. The molecule has 1 fully saturated rings. The van der Waals surface area contributed by atoms with Crippen molar-refractivity contribution in [3.05, 3.63) is 54.1 Å². The van der Waals surface area contributed by atoms with Crippen LogP contribution in [0.4, 0.5) is 0 Å². The first kappa shape index (κ1) is 18.4. The predicted octanol–water partition coefficient (Wildman–Crippen LogP) is 3.12. The van der Waals surface area contributed by atoms with Gasteiger partial charge in [-0.25, -0.2) is 4.98 Å². The number of rotatable bonds is 5. The van der Waals surface area contributed by atoms with Crippen molar-refractivity contribution < 1.29 is 4.79 Å². The topological polar surface area (TPSA) is 69.8 Å². The number of carbonyl (C=O) groups excluding carboxylic acids is 1. The molecule has 1 aromatic heterocycles. The number of nitrogens with one attached hydrogen (secondary N) is 3. The Labute approximate surface area is 159 Å². The van der Waals surface area contributed by atoms with E-state index in [4.69, 9.17) is 0 Å². The minimum absolute atomic E-state index is 0. The molecule has 0 radical (unpaired) electrons. The maximum Gasteiger partial charge on any atom is 0.223 e. The highest BCUT2D eigenvalue weighted by molar-refractivity contribution is 5.85. The van der Waals surface area contributed by atoms with Gasteiger partial charge in [-0.15, -0.1) is 12.4 Å². The molecule has 1 atom stereocenters. The normalized spacial score (nSPS) is 15.1. The molecular weight excluding hydrogens is 348 g/mol. The molecule has 4 rings (SSSR count). The Hall–Kier alpha value is -2.37. The predicted molar refractivity (Wildman–Crippen MR) is 106 cm³/mol. The number of fused-ring (bicyclic) bond motifs is 1. The molecule has 6 heteroatoms. The Morgan fingerprint density at radius 2 is 1.92 bits per heavy atom. The van der Waals surface area contributed by atoms with E-state index in [2.05, 4.69) is 20.6 Å². The highest BCUT2D eigenvalue weighted by Crippen LogP contribution is 2.21. The van der Waals surface area contributed by atoms with Crippen molar-refractivity contribution in [1.29, 1.82) is 0 Å². The van der Waals surface area contributed by atoms with Crippen LogP contribution in [0.15, 0.2) is 48.5 Å². The van der Waals surface area contributed by atoms with Crippen molar-refractivity contribution in [2.24, 2.45) is 11.8 Å². The summed E-state index contributed by atoms with van der Waals surface area (Å²) in [4.78, 5) is 20.1. The van der Waals surface area contributed by atoms with Crippen LogP contribution in [0, 0.1) is 11.8 Å². The molecule has 2 aromatic carbocycles. The van der Waals surface area contributed by atoms with Crippen LogP contribution < -0.4 is 10.6 Å². The van der Waals surface area contributed by atoms with Crippen molar-refractivity contribution in [2.75, 3.05) is 13.1 Å². The van der Waals surface area contributed by atoms with E-state index >= 15 is 0 Å². The molecule has 0 saturated carbocycles. The Balaban J connectivity index is 0.00000196. The second kappa shape index (κ2) is 7.89. The van der Waals surface area contributed by atoms with E-state index in [0.717, 1.165) is 41.1 Å². The number of aromatic nitrogens is 2. The lowest BCUT2D eigenvalue weighted by atomic mass is 9.88. The minimum Gasteiger partial charge on any atom is -0.352 e. The zero-order chi connectivity index (χ0) is 17.2. The number of carbonyl (C=O) groups is 1. The first-order chi connectivity index (χ1) is 12.2. The summed E-state index contributed by atoms with van der Waals surface area (Å²) in [6.07, 6.45) is 0. The molecule has 3 N–H and O–H groups in total. The van der Waals surface area contributed by atoms with E-state index < -0.39 is 0 Å². The van der Waals surface area contributed by atoms with E-state index in [0.29, 0.717) is 12.5 Å². The largest absolute Gasteiger partial charge is 0.352 e. The van der Waals surface area contributed by atoms with Crippen LogP contribution in [0.1, 0.15) is 12.5 Å². The number of amides is 1. The number of hydrogen-bond donors (Lipinski definition) is 3. The van der Waals surface area contributed by atoms with Crippen molar-refractivity contribution in [3.8, 4) is 11.4 Å². The number of benzene rings is 2. The molecule has 1 unspecified atom stereocenters. The molecule has 26 heavy (non-hydrogen) atoms. The minimum atomic E-state index is 0. The molecule has 1 aliphatic rings. The van der Waals surface area contributed by atoms with Crippen LogP contribution >= 0.6 is 12.4 Å². The zero-order valence-electron chi connectivity index (χ0n) is 14.7. The smallest absolute Gasteiger partial charge is 0.223 e. The first-order valence-electron chi connectivity index (χ1n) is 8.73. The molecule has 0 bridgehead atoms. The van der Waals surface area contributed by atoms with E-state index in [1.807, 2.05) is 55.5 Å². The van der Waals surface area contributed by atoms with Gasteiger partial charge in [-0.1, -0.05) is 43.3 Å². The van der Waals surface area contributed by atoms with Crippen LogP contribution in [0.3, 0.4) is 0 Å². The number of halogens is 1. The summed E-state index contributed by atoms with van der Waals surface area (Å²) in [6.45, 7) is 4.46. The molecule has 5 nitrogen and oxygen atoms in total. The van der Waals surface area contributed by atoms with Gasteiger partial charge in [0.25, 0.3) is 0 Å². The SMILES string of the molecule is CC(C(=O)NCc1ccc(-c2nc3ccccc3[nH]2)cc1)C1CNC1.Cl. The number of imidazole rings is 1. The maximum absolute atomic E-state index is 12.2. The molecule has 1 saturated heterocycles. The standard InChI is InChI=1S/C20H22N4O.ClH/c1-13(16-11-21-12-16)20(25)22-10-14-6-8-15(9-7-14)19-23-17-4-2-3-5-18(17)24-19;/h2-9,13,16,21H,10-12H2,1H3,(H,22,25)(H,23,24);1H. The van der Waals surface area contributed by atoms with Crippen LogP contribution in [0.2, 0.25) is 0 Å². The molecular formula is C20H23ClN4O. The Bertz CT molecular complexity index is 853. The molecule has 0 aliphatic carbocycles. The Morgan fingerprint density at radius 3 is 2.58 bits per heavy atom. The number of para-hydroxylation sites is 2. The van der Waals surface area contributed by atoms with Crippen molar-refractivity contribution >= 4 is 29.3 Å². The lowest BCUT2D eigenvalue weighted by Crippen LogP contribution is -2.49. The Morgan fingerprint density at radius 1 is 1.19 bits per heavy atom. The summed E-state index contributed by atoms with van der Waals surface area (Å²) in [7, 11) is 0. The fourth-order valence-electron chi connectivity index (χ4n) is 3.10. The van der Waals surface area contributed by atoms with Crippen LogP contribution in [0.25, 0.3) is 22.4 Å². The lowest BCUT2D eigenvalue weighted by Gasteiger charge is -2.31. The first-order valence-corrected chi connectivity index (χ1v) is 8.73. The third-order valence-corrected chi connectivity index (χ3v) is 5.02. The highest BCUT2D eigenvalue weighted by atomic mass is 35.5. The second-order valence-corrected chi connectivity index (χ2v) is 6.72. The van der Waals surface area contributed by atoms with Gasteiger partial charge in [-0.2, -0.15) is 0 Å². The fourth-order valence-corrected chi connectivity index (χ4v) is 3.10. The van der Waals surface area contributed by atoms with Gasteiger partial charge in [-0.3, -0.25) is 4.79 Å². The van der Waals surface area contributed by atoms with Gasteiger partial charge in [0.2, 0.25) is 5.91 Å². The van der Waals surface area contributed by atoms with Crippen molar-refractivity contribution in [3.63, 3.8) is 0 Å². The summed E-state index contributed by atoms with van der Waals surface area (Å²) < 4.78 is 0. The van der Waals surface area contributed by atoms with Crippen LogP contribution in [-0.2, 0) is 11.3 Å². The zero-order valence-corrected chi connectivity index (χ0v) is 15.5. The average Bonchev–Trinajstić information content (AvgIpc) is 3.02. The van der Waals surface area contributed by atoms with E-state index in [-0.39, 0.29) is 24.2 Å². The van der Waals surface area contributed by atoms with Gasteiger partial charge >= 0.3 is 0 Å². The van der Waals surface area contributed by atoms with Gasteiger partial charge in [0.05, 0.1) is 11.0 Å². The number of nitrogens with zero attached hydrogens (tertiary/aromatic N) is 1. The second-order valence-electron chi connectivity index (χ2n) is 6.72. The van der Waals surface area contributed by atoms with Gasteiger partial charge in [0.1, 0.15) is 5.82 Å². The summed E-state index contributed by atoms with van der Waals surface area (Å²) in [5, 5.41) is 6.25. The monoisotopic (exact) mass is 370 g/mol. The summed E-state index contributed by atoms with van der Waals surface area (Å²) in [5.41, 5.74) is 4.13. The van der Waals surface area contributed by atoms with Crippen molar-refractivity contribution in [1.82, 2.24) is 20.6 Å². The lowest BCUT2D eigenvalue weighted by molar-refractivity contribution is -0.126. The molecule has 0 spiro atoms. The van der Waals surface area contributed by atoms with Crippen LogP contribution in [0.5, 0.6) is 0 Å². The van der Waals surface area contributed by atoms with Gasteiger partial charge < -0.3 is 15.6 Å². The third-order valence-electron chi connectivity index (χ3n) is 5.02. The van der Waals surface area contributed by atoms with Gasteiger partial charge in [0, 0.05) is 18.0 Å². The Kier molecular flexibility index (Phi) is 5.59. The summed E-state index contributed by atoms with van der Waals surface area (Å²) >= 11 is 0. The molecule has 1 aliphatic heterocycles. The molecule has 136 valence electrons. The van der Waals surface area contributed by atoms with Crippen molar-refractivity contribution in [2.45, 2.75) is 13.5 Å². The summed E-state index contributed by atoms with van der Waals surface area (Å²) in [6, 6.07) is 16.2. The molecule has 1 amide bonds.